The molecule has 5 nitrogen and oxygen atoms in total. The Labute approximate surface area is 127 Å². The van der Waals surface area contributed by atoms with Crippen LogP contribution in [-0.4, -0.2) is 14.3 Å². The number of rotatable bonds is 2. The summed E-state index contributed by atoms with van der Waals surface area (Å²) in [5.41, 5.74) is 2.50. The largest absolute Gasteiger partial charge is 0.290 e. The summed E-state index contributed by atoms with van der Waals surface area (Å²) in [7, 11) is 0. The number of imidazole rings is 1. The molecule has 0 saturated carbocycles. The van der Waals surface area contributed by atoms with Crippen LogP contribution >= 0.6 is 11.3 Å². The first-order valence-corrected chi connectivity index (χ1v) is 7.25. The maximum atomic E-state index is 13.0. The van der Waals surface area contributed by atoms with E-state index in [0.29, 0.717) is 0 Å². The van der Waals surface area contributed by atoms with Crippen LogP contribution in [0.25, 0.3) is 26.4 Å². The van der Waals surface area contributed by atoms with Crippen LogP contribution in [0.2, 0.25) is 0 Å². The summed E-state index contributed by atoms with van der Waals surface area (Å²) < 4.78 is 15.7. The Morgan fingerprint density at radius 3 is 2.68 bits per heavy atom. The Morgan fingerprint density at radius 2 is 1.95 bits per heavy atom. The topological polar surface area (TPSA) is 60.4 Å². The van der Waals surface area contributed by atoms with Crippen LogP contribution in [0.1, 0.15) is 0 Å². The van der Waals surface area contributed by atoms with Crippen molar-refractivity contribution in [1.82, 2.24) is 9.38 Å². The summed E-state index contributed by atoms with van der Waals surface area (Å²) in [6.07, 6.45) is 1.85. The highest BCUT2D eigenvalue weighted by atomic mass is 32.1. The van der Waals surface area contributed by atoms with Gasteiger partial charge in [0.15, 0.2) is 4.96 Å². The Kier molecular flexibility index (Phi) is 2.70. The van der Waals surface area contributed by atoms with E-state index in [9.17, 15) is 14.5 Å². The van der Waals surface area contributed by atoms with E-state index < -0.39 is 4.92 Å². The van der Waals surface area contributed by atoms with E-state index >= 15 is 0 Å². The molecule has 0 spiro atoms. The van der Waals surface area contributed by atoms with E-state index in [2.05, 4.69) is 4.98 Å². The molecule has 2 aromatic carbocycles. The fourth-order valence-corrected chi connectivity index (χ4v) is 3.40. The molecule has 0 unspecified atom stereocenters. The lowest BCUT2D eigenvalue weighted by atomic mass is 10.2. The average Bonchev–Trinajstić information content (AvgIpc) is 3.04. The van der Waals surface area contributed by atoms with Crippen molar-refractivity contribution in [3.05, 3.63) is 64.6 Å². The second-order valence-corrected chi connectivity index (χ2v) is 5.81. The standard InChI is InChI=1S/C15H8FN3O2S/c16-10-3-1-9(2-4-10)12-8-18-13-6-5-11(19(20)21)7-14(13)22-15(18)17-12/h1-8H. The fourth-order valence-electron chi connectivity index (χ4n) is 2.36. The van der Waals surface area contributed by atoms with Gasteiger partial charge in [-0.05, 0) is 30.3 Å². The number of non-ortho nitro benzene ring substituents is 1. The van der Waals surface area contributed by atoms with Crippen LogP contribution in [-0.2, 0) is 0 Å². The van der Waals surface area contributed by atoms with Gasteiger partial charge in [-0.1, -0.05) is 11.3 Å². The van der Waals surface area contributed by atoms with Crippen molar-refractivity contribution in [2.75, 3.05) is 0 Å². The lowest BCUT2D eigenvalue weighted by Gasteiger charge is -1.95. The summed E-state index contributed by atoms with van der Waals surface area (Å²) >= 11 is 1.39. The van der Waals surface area contributed by atoms with Crippen LogP contribution in [0.15, 0.2) is 48.7 Å². The monoisotopic (exact) mass is 313 g/mol. The summed E-state index contributed by atoms with van der Waals surface area (Å²) in [6.45, 7) is 0. The summed E-state index contributed by atoms with van der Waals surface area (Å²) in [4.78, 5) is 15.7. The third kappa shape index (κ3) is 1.94. The lowest BCUT2D eigenvalue weighted by molar-refractivity contribution is -0.384. The number of halogens is 1. The Bertz CT molecular complexity index is 1020. The minimum Gasteiger partial charge on any atom is -0.290 e. The van der Waals surface area contributed by atoms with E-state index in [0.717, 1.165) is 26.4 Å². The fraction of sp³-hybridized carbons (Fsp3) is 0. The van der Waals surface area contributed by atoms with Crippen molar-refractivity contribution in [3.63, 3.8) is 0 Å². The van der Waals surface area contributed by atoms with Crippen LogP contribution in [0.3, 0.4) is 0 Å². The second-order valence-electron chi connectivity index (χ2n) is 4.80. The van der Waals surface area contributed by atoms with Gasteiger partial charge in [0.05, 0.1) is 20.8 Å². The second kappa shape index (κ2) is 4.60. The maximum Gasteiger partial charge on any atom is 0.270 e. The predicted molar refractivity (Wildman–Crippen MR) is 82.6 cm³/mol. The smallest absolute Gasteiger partial charge is 0.270 e. The van der Waals surface area contributed by atoms with Crippen LogP contribution < -0.4 is 0 Å². The number of hydrogen-bond acceptors (Lipinski definition) is 4. The molecule has 0 aliphatic heterocycles. The van der Waals surface area contributed by atoms with Gasteiger partial charge in [0.2, 0.25) is 0 Å². The minimum absolute atomic E-state index is 0.0655. The van der Waals surface area contributed by atoms with Gasteiger partial charge in [0.25, 0.3) is 5.69 Å². The number of nitro groups is 1. The Balaban J connectivity index is 1.88. The zero-order valence-corrected chi connectivity index (χ0v) is 11.9. The minimum atomic E-state index is -0.411. The molecule has 0 bridgehead atoms. The molecule has 2 heterocycles. The van der Waals surface area contributed by atoms with Gasteiger partial charge >= 0.3 is 0 Å². The molecule has 0 saturated heterocycles. The van der Waals surface area contributed by atoms with Gasteiger partial charge < -0.3 is 0 Å². The van der Waals surface area contributed by atoms with Gasteiger partial charge in [-0.25, -0.2) is 9.37 Å². The molecule has 0 N–H and O–H groups in total. The first-order valence-electron chi connectivity index (χ1n) is 6.44. The molecule has 0 radical (unpaired) electrons. The number of benzene rings is 2. The van der Waals surface area contributed by atoms with Crippen molar-refractivity contribution < 1.29 is 9.31 Å². The van der Waals surface area contributed by atoms with Crippen molar-refractivity contribution in [1.29, 1.82) is 0 Å². The molecular weight excluding hydrogens is 305 g/mol. The van der Waals surface area contributed by atoms with Gasteiger partial charge in [-0.2, -0.15) is 0 Å². The summed E-state index contributed by atoms with van der Waals surface area (Å²) in [5.74, 6) is -0.289. The first-order chi connectivity index (χ1) is 10.6. The molecule has 22 heavy (non-hydrogen) atoms. The molecule has 4 aromatic rings. The van der Waals surface area contributed by atoms with Crippen LogP contribution in [0.5, 0.6) is 0 Å². The number of fused-ring (bicyclic) bond motifs is 3. The zero-order chi connectivity index (χ0) is 15.3. The molecule has 0 aliphatic carbocycles. The van der Waals surface area contributed by atoms with Gasteiger partial charge in [0.1, 0.15) is 5.82 Å². The first kappa shape index (κ1) is 12.9. The molecular formula is C15H8FN3O2S. The highest BCUT2D eigenvalue weighted by Crippen LogP contribution is 2.31. The third-order valence-electron chi connectivity index (χ3n) is 3.43. The number of nitro benzene ring substituents is 1. The van der Waals surface area contributed by atoms with E-state index in [-0.39, 0.29) is 11.5 Å². The molecule has 7 heteroatoms. The average molecular weight is 313 g/mol. The third-order valence-corrected chi connectivity index (χ3v) is 4.45. The molecule has 108 valence electrons. The number of nitrogens with zero attached hydrogens (tertiary/aromatic N) is 3. The van der Waals surface area contributed by atoms with Crippen molar-refractivity contribution >= 4 is 32.2 Å². The number of hydrogen-bond donors (Lipinski definition) is 0. The molecule has 0 aliphatic rings. The molecule has 4 rings (SSSR count). The van der Waals surface area contributed by atoms with Crippen molar-refractivity contribution in [2.24, 2.45) is 0 Å². The van der Waals surface area contributed by atoms with Crippen LogP contribution in [0.4, 0.5) is 10.1 Å². The number of aromatic nitrogens is 2. The van der Waals surface area contributed by atoms with Gasteiger partial charge in [-0.15, -0.1) is 0 Å². The highest BCUT2D eigenvalue weighted by Gasteiger charge is 2.13. The molecule has 0 fully saturated rings. The predicted octanol–water partition coefficient (Wildman–Crippen LogP) is 4.26. The van der Waals surface area contributed by atoms with Gasteiger partial charge in [0, 0.05) is 23.9 Å². The zero-order valence-electron chi connectivity index (χ0n) is 11.1. The van der Waals surface area contributed by atoms with E-state index in [4.69, 9.17) is 0 Å². The summed E-state index contributed by atoms with van der Waals surface area (Å²) in [5, 5.41) is 10.8. The SMILES string of the molecule is O=[N+]([O-])c1ccc2c(c1)sc1nc(-c3ccc(F)cc3)cn12. The highest BCUT2D eigenvalue weighted by molar-refractivity contribution is 7.23. The van der Waals surface area contributed by atoms with E-state index in [1.807, 2.05) is 10.6 Å². The van der Waals surface area contributed by atoms with Crippen LogP contribution in [0, 0.1) is 15.9 Å². The van der Waals surface area contributed by atoms with Crippen molar-refractivity contribution in [3.8, 4) is 11.3 Å². The molecule has 0 amide bonds. The maximum absolute atomic E-state index is 13.0. The lowest BCUT2D eigenvalue weighted by Crippen LogP contribution is -1.86. The van der Waals surface area contributed by atoms with E-state index in [1.165, 1.54) is 29.5 Å². The number of thiazole rings is 1. The van der Waals surface area contributed by atoms with E-state index in [1.54, 1.807) is 24.3 Å². The quantitative estimate of drug-likeness (QED) is 0.410. The van der Waals surface area contributed by atoms with Gasteiger partial charge in [-0.3, -0.25) is 14.5 Å². The Morgan fingerprint density at radius 1 is 1.18 bits per heavy atom. The normalized spacial score (nSPS) is 11.3. The molecule has 0 atom stereocenters. The molecule has 2 aromatic heterocycles. The Hall–Kier alpha value is -2.80. The van der Waals surface area contributed by atoms with Crippen molar-refractivity contribution in [2.45, 2.75) is 0 Å². The summed E-state index contributed by atoms with van der Waals surface area (Å²) in [6, 6.07) is 10.9.